The van der Waals surface area contributed by atoms with Gasteiger partial charge in [0.05, 0.1) is 18.6 Å². The van der Waals surface area contributed by atoms with E-state index in [1.165, 1.54) is 16.7 Å². The van der Waals surface area contributed by atoms with Crippen LogP contribution in [0.3, 0.4) is 0 Å². The van der Waals surface area contributed by atoms with Gasteiger partial charge < -0.3 is 4.98 Å². The zero-order chi connectivity index (χ0) is 13.1. The summed E-state index contributed by atoms with van der Waals surface area (Å²) in [5.41, 5.74) is 4.83. The number of hydrogen-bond donors (Lipinski definition) is 1. The van der Waals surface area contributed by atoms with Gasteiger partial charge >= 0.3 is 0 Å². The van der Waals surface area contributed by atoms with Crippen molar-refractivity contribution in [1.29, 1.82) is 0 Å². The minimum absolute atomic E-state index is 0.396. The van der Waals surface area contributed by atoms with Crippen LogP contribution in [0.4, 0.5) is 0 Å². The predicted octanol–water partition coefficient (Wildman–Crippen LogP) is 3.47. The molecule has 3 nitrogen and oxygen atoms in total. The Morgan fingerprint density at radius 3 is 3.11 bits per heavy atom. The molecule has 0 bridgehead atoms. The second kappa shape index (κ2) is 5.11. The third-order valence-corrected chi connectivity index (χ3v) is 3.74. The summed E-state index contributed by atoms with van der Waals surface area (Å²) in [7, 11) is 0. The minimum Gasteiger partial charge on any atom is -0.351 e. The molecular weight excluding hydrogens is 234 g/mol. The van der Waals surface area contributed by atoms with Gasteiger partial charge in [-0.05, 0) is 41.9 Å². The number of fused-ring (bicyclic) bond motifs is 1. The van der Waals surface area contributed by atoms with E-state index < -0.39 is 0 Å². The van der Waals surface area contributed by atoms with Crippen LogP contribution < -0.4 is 0 Å². The molecule has 19 heavy (non-hydrogen) atoms. The van der Waals surface area contributed by atoms with Crippen LogP contribution in [0.2, 0.25) is 0 Å². The second-order valence-electron chi connectivity index (χ2n) is 4.87. The summed E-state index contributed by atoms with van der Waals surface area (Å²) in [5.74, 6) is 0.396. The maximum atomic E-state index is 7.15. The second-order valence-corrected chi connectivity index (χ2v) is 4.87. The summed E-state index contributed by atoms with van der Waals surface area (Å²) >= 11 is 0. The molecule has 3 rings (SSSR count). The highest BCUT2D eigenvalue weighted by Crippen LogP contribution is 2.37. The molecule has 2 aromatic rings. The van der Waals surface area contributed by atoms with E-state index in [1.54, 1.807) is 12.5 Å². The van der Waals surface area contributed by atoms with Crippen LogP contribution >= 0.6 is 0 Å². The molecule has 1 unspecified atom stereocenters. The third-order valence-electron chi connectivity index (χ3n) is 3.74. The number of hydrogen-bond acceptors (Lipinski definition) is 1. The SMILES string of the molecule is [C-]#[N+]/C=C1\c2ccccc2CCC1Cc1c[nH]cn1. The minimum atomic E-state index is 0.396. The van der Waals surface area contributed by atoms with Crippen LogP contribution in [-0.2, 0) is 12.8 Å². The fraction of sp³-hybridized carbons (Fsp3) is 0.250. The topological polar surface area (TPSA) is 33.0 Å². The van der Waals surface area contributed by atoms with E-state index in [9.17, 15) is 0 Å². The van der Waals surface area contributed by atoms with Crippen molar-refractivity contribution < 1.29 is 0 Å². The van der Waals surface area contributed by atoms with Gasteiger partial charge in [0.15, 0.2) is 6.20 Å². The number of H-pyrrole nitrogens is 1. The Bertz CT molecular complexity index is 632. The number of nitrogens with zero attached hydrogens (tertiary/aromatic N) is 2. The molecule has 1 aliphatic rings. The molecule has 0 fully saturated rings. The van der Waals surface area contributed by atoms with Crippen LogP contribution in [0, 0.1) is 12.5 Å². The average Bonchev–Trinajstić information content (AvgIpc) is 2.94. The molecule has 1 aromatic carbocycles. The van der Waals surface area contributed by atoms with Gasteiger partial charge in [-0.3, -0.25) is 0 Å². The molecule has 1 aliphatic carbocycles. The number of aromatic nitrogens is 2. The first-order chi connectivity index (χ1) is 9.38. The number of aromatic amines is 1. The monoisotopic (exact) mass is 249 g/mol. The predicted molar refractivity (Wildman–Crippen MR) is 75.1 cm³/mol. The van der Waals surface area contributed by atoms with Gasteiger partial charge in [0.25, 0.3) is 0 Å². The molecule has 0 radical (unpaired) electrons. The Morgan fingerprint density at radius 2 is 2.32 bits per heavy atom. The summed E-state index contributed by atoms with van der Waals surface area (Å²) in [6.07, 6.45) is 8.42. The van der Waals surface area contributed by atoms with Gasteiger partial charge in [-0.15, -0.1) is 0 Å². The van der Waals surface area contributed by atoms with E-state index >= 15 is 0 Å². The number of imidazole rings is 1. The molecule has 1 atom stereocenters. The summed E-state index contributed by atoms with van der Waals surface area (Å²) in [6, 6.07) is 8.41. The number of rotatable bonds is 2. The standard InChI is InChI=1S/C16H15N3/c1-17-10-16-13(8-14-9-18-11-19-14)7-6-12-4-2-3-5-15(12)16/h2-5,9-11,13H,6-8H2,(H,18,19)/b16-10-. The maximum Gasteiger partial charge on any atom is 0.158 e. The Kier molecular flexibility index (Phi) is 3.16. The largest absolute Gasteiger partial charge is 0.351 e. The van der Waals surface area contributed by atoms with Crippen molar-refractivity contribution in [3.05, 3.63) is 71.2 Å². The lowest BCUT2D eigenvalue weighted by Gasteiger charge is -2.27. The lowest BCUT2D eigenvalue weighted by molar-refractivity contribution is 0.580. The number of aryl methyl sites for hydroxylation is 1. The number of benzene rings is 1. The van der Waals surface area contributed by atoms with Crippen molar-refractivity contribution >= 4 is 5.57 Å². The first-order valence-electron chi connectivity index (χ1n) is 6.51. The van der Waals surface area contributed by atoms with Crippen LogP contribution in [0.15, 0.2) is 43.0 Å². The zero-order valence-electron chi connectivity index (χ0n) is 10.6. The first-order valence-corrected chi connectivity index (χ1v) is 6.51. The Morgan fingerprint density at radius 1 is 1.42 bits per heavy atom. The molecule has 0 aliphatic heterocycles. The number of allylic oxidation sites excluding steroid dienone is 1. The van der Waals surface area contributed by atoms with Gasteiger partial charge in [-0.1, -0.05) is 24.3 Å². The Balaban J connectivity index is 1.95. The quantitative estimate of drug-likeness (QED) is 0.812. The van der Waals surface area contributed by atoms with Crippen molar-refractivity contribution in [2.75, 3.05) is 0 Å². The number of nitrogens with one attached hydrogen (secondary N) is 1. The fourth-order valence-electron chi connectivity index (χ4n) is 2.84. The highest BCUT2D eigenvalue weighted by molar-refractivity contribution is 5.72. The molecule has 1 aromatic heterocycles. The lowest BCUT2D eigenvalue weighted by Crippen LogP contribution is -2.15. The summed E-state index contributed by atoms with van der Waals surface area (Å²) < 4.78 is 0. The van der Waals surface area contributed by atoms with Crippen molar-refractivity contribution in [3.8, 4) is 0 Å². The highest BCUT2D eigenvalue weighted by atomic mass is 14.9. The summed E-state index contributed by atoms with van der Waals surface area (Å²) in [6.45, 7) is 7.15. The molecule has 1 heterocycles. The van der Waals surface area contributed by atoms with Gasteiger partial charge in [0, 0.05) is 6.20 Å². The van der Waals surface area contributed by atoms with E-state index in [0.717, 1.165) is 25.0 Å². The van der Waals surface area contributed by atoms with Gasteiger partial charge in [-0.25, -0.2) is 9.83 Å². The van der Waals surface area contributed by atoms with Crippen LogP contribution in [-0.4, -0.2) is 9.97 Å². The van der Waals surface area contributed by atoms with E-state index in [4.69, 9.17) is 6.57 Å². The summed E-state index contributed by atoms with van der Waals surface area (Å²) in [5, 5.41) is 0. The normalized spacial score (nSPS) is 19.9. The van der Waals surface area contributed by atoms with Crippen molar-refractivity contribution in [2.24, 2.45) is 5.92 Å². The molecule has 0 saturated carbocycles. The molecule has 0 saturated heterocycles. The van der Waals surface area contributed by atoms with Gasteiger partial charge in [0.2, 0.25) is 0 Å². The van der Waals surface area contributed by atoms with E-state index in [2.05, 4.69) is 33.0 Å². The van der Waals surface area contributed by atoms with Gasteiger partial charge in [-0.2, -0.15) is 0 Å². The lowest BCUT2D eigenvalue weighted by atomic mass is 9.78. The third kappa shape index (κ3) is 2.30. The maximum absolute atomic E-state index is 7.15. The highest BCUT2D eigenvalue weighted by Gasteiger charge is 2.23. The Labute approximate surface area is 112 Å². The smallest absolute Gasteiger partial charge is 0.158 e. The van der Waals surface area contributed by atoms with E-state index in [1.807, 2.05) is 12.3 Å². The molecule has 0 spiro atoms. The summed E-state index contributed by atoms with van der Waals surface area (Å²) in [4.78, 5) is 10.8. The van der Waals surface area contributed by atoms with Crippen LogP contribution in [0.5, 0.6) is 0 Å². The molecule has 94 valence electrons. The molecular formula is C16H15N3. The molecule has 0 amide bonds. The molecule has 3 heteroatoms. The fourth-order valence-corrected chi connectivity index (χ4v) is 2.84. The molecule has 1 N–H and O–H groups in total. The van der Waals surface area contributed by atoms with Crippen molar-refractivity contribution in [1.82, 2.24) is 9.97 Å². The van der Waals surface area contributed by atoms with Crippen molar-refractivity contribution in [3.63, 3.8) is 0 Å². The van der Waals surface area contributed by atoms with Crippen molar-refractivity contribution in [2.45, 2.75) is 19.3 Å². The van der Waals surface area contributed by atoms with Crippen LogP contribution in [0.1, 0.15) is 23.2 Å². The zero-order valence-corrected chi connectivity index (χ0v) is 10.6. The van der Waals surface area contributed by atoms with E-state index in [-0.39, 0.29) is 0 Å². The van der Waals surface area contributed by atoms with E-state index in [0.29, 0.717) is 5.92 Å². The first kappa shape index (κ1) is 11.7. The van der Waals surface area contributed by atoms with Gasteiger partial charge in [0.1, 0.15) is 0 Å². The average molecular weight is 249 g/mol. The Hall–Kier alpha value is -2.34. The van der Waals surface area contributed by atoms with Crippen LogP contribution in [0.25, 0.3) is 10.4 Å².